The molecule has 1 aromatic carbocycles. The zero-order valence-electron chi connectivity index (χ0n) is 21.3. The lowest BCUT2D eigenvalue weighted by Crippen LogP contribution is -2.60. The maximum Gasteiger partial charge on any atom is 0.417 e. The molecule has 3 atom stereocenters. The Morgan fingerprint density at radius 3 is 2.64 bits per heavy atom. The number of benzene rings is 1. The van der Waals surface area contributed by atoms with Crippen molar-refractivity contribution in [2.75, 3.05) is 31.1 Å². The number of hydrogen-bond donors (Lipinski definition) is 3. The van der Waals surface area contributed by atoms with Crippen LogP contribution in [0.4, 0.5) is 18.9 Å². The van der Waals surface area contributed by atoms with E-state index in [1.54, 1.807) is 12.5 Å². The number of nitrogens with one attached hydrogen (secondary N) is 3. The van der Waals surface area contributed by atoms with Crippen LogP contribution in [0, 0.1) is 11.8 Å². The van der Waals surface area contributed by atoms with Gasteiger partial charge >= 0.3 is 6.18 Å². The van der Waals surface area contributed by atoms with Gasteiger partial charge in [0, 0.05) is 38.1 Å². The number of carbonyl (C=O) groups is 2. The first-order valence-electron chi connectivity index (χ1n) is 13.4. The van der Waals surface area contributed by atoms with E-state index in [1.807, 2.05) is 6.07 Å². The second kappa shape index (κ2) is 10.1. The van der Waals surface area contributed by atoms with Gasteiger partial charge in [-0.3, -0.25) is 15.0 Å². The second-order valence-corrected chi connectivity index (χ2v) is 10.6. The van der Waals surface area contributed by atoms with Gasteiger partial charge in [-0.25, -0.2) is 15.4 Å². The van der Waals surface area contributed by atoms with Crippen molar-refractivity contribution in [3.63, 3.8) is 0 Å². The molecule has 3 N–H and O–H groups in total. The van der Waals surface area contributed by atoms with Crippen molar-refractivity contribution in [3.8, 4) is 0 Å². The van der Waals surface area contributed by atoms with Gasteiger partial charge in [0.15, 0.2) is 5.65 Å². The minimum atomic E-state index is -4.65. The Balaban J connectivity index is 1.19. The predicted molar refractivity (Wildman–Crippen MR) is 138 cm³/mol. The van der Waals surface area contributed by atoms with Gasteiger partial charge in [0.25, 0.3) is 5.91 Å². The number of halogens is 3. The molecule has 2 aliphatic heterocycles. The van der Waals surface area contributed by atoms with Gasteiger partial charge in [0.2, 0.25) is 5.91 Å². The van der Waals surface area contributed by atoms with Crippen LogP contribution in [0.25, 0.3) is 11.2 Å². The van der Waals surface area contributed by atoms with Crippen molar-refractivity contribution in [1.82, 2.24) is 30.7 Å². The molecular formula is C27H30F3N7O2. The van der Waals surface area contributed by atoms with E-state index < -0.39 is 17.6 Å². The van der Waals surface area contributed by atoms with E-state index in [0.29, 0.717) is 43.8 Å². The molecule has 2 aromatic heterocycles. The highest BCUT2D eigenvalue weighted by Gasteiger charge is 2.41. The summed E-state index contributed by atoms with van der Waals surface area (Å²) < 4.78 is 41.9. The van der Waals surface area contributed by atoms with Crippen LogP contribution in [0.15, 0.2) is 36.8 Å². The quantitative estimate of drug-likeness (QED) is 0.468. The van der Waals surface area contributed by atoms with E-state index >= 15 is 0 Å². The average molecular weight is 542 g/mol. The molecule has 1 saturated carbocycles. The van der Waals surface area contributed by atoms with Crippen LogP contribution in [-0.2, 0) is 17.4 Å². The molecule has 0 radical (unpaired) electrons. The Kier molecular flexibility index (Phi) is 6.66. The number of imidazole rings is 1. The first-order chi connectivity index (χ1) is 18.8. The van der Waals surface area contributed by atoms with Gasteiger partial charge in [-0.15, -0.1) is 0 Å². The van der Waals surface area contributed by atoms with Crippen molar-refractivity contribution >= 4 is 28.7 Å². The average Bonchev–Trinajstić information content (AvgIpc) is 3.42. The summed E-state index contributed by atoms with van der Waals surface area (Å²) in [7, 11) is 0. The number of piperazine rings is 1. The summed E-state index contributed by atoms with van der Waals surface area (Å²) in [5.41, 5.74) is 7.47. The fraction of sp³-hybridized carbons (Fsp3) is 0.481. The molecule has 0 spiro atoms. The number of alkyl halides is 3. The highest BCUT2D eigenvalue weighted by Crippen LogP contribution is 2.37. The molecule has 2 saturated heterocycles. The third-order valence-electron chi connectivity index (χ3n) is 8.32. The lowest BCUT2D eigenvalue weighted by molar-refractivity contribution is -0.138. The van der Waals surface area contributed by atoms with Crippen molar-refractivity contribution < 1.29 is 22.8 Å². The lowest BCUT2D eigenvalue weighted by atomic mass is 9.72. The molecule has 4 heterocycles. The zero-order chi connectivity index (χ0) is 27.1. The molecule has 39 heavy (non-hydrogen) atoms. The minimum absolute atomic E-state index is 0.0151. The molecule has 9 nitrogen and oxygen atoms in total. The number of amides is 2. The van der Waals surface area contributed by atoms with E-state index in [9.17, 15) is 22.8 Å². The standard InChI is InChI=1S/C27H30F3N7O2/c28-27(29,30)21-6-5-16(12-22-18-3-1-2-4-19(18)25(38)35-34-22)11-20(21)26(39)37-9-7-36(8-10-37)17-13-23-24(31-14-17)33-15-32-23/h5-6,11,13-15,18-19,22,34H,1-4,7-10,12H2,(H,35,38)(H,31,32,33). The number of anilines is 1. The SMILES string of the molecule is O=C1NNC(Cc2ccc(C(F)(F)F)c(C(=O)N3CCN(c4cnc5nc[nH]c5c4)CC3)c2)C2CCCCC12. The first kappa shape index (κ1) is 25.6. The molecule has 3 unspecified atom stereocenters. The number of rotatable bonds is 4. The highest BCUT2D eigenvalue weighted by atomic mass is 19.4. The summed E-state index contributed by atoms with van der Waals surface area (Å²) in [4.78, 5) is 40.8. The monoisotopic (exact) mass is 541 g/mol. The van der Waals surface area contributed by atoms with Gasteiger partial charge < -0.3 is 14.8 Å². The number of hydrazine groups is 1. The van der Waals surface area contributed by atoms with Gasteiger partial charge in [-0.2, -0.15) is 13.2 Å². The van der Waals surface area contributed by atoms with Crippen LogP contribution in [0.2, 0.25) is 0 Å². The molecule has 12 heteroatoms. The Labute approximate surface area is 223 Å². The summed E-state index contributed by atoms with van der Waals surface area (Å²) in [5, 5.41) is 0. The van der Waals surface area contributed by atoms with E-state index in [2.05, 4.69) is 30.7 Å². The fourth-order valence-corrected chi connectivity index (χ4v) is 6.26. The van der Waals surface area contributed by atoms with E-state index in [0.717, 1.165) is 43.0 Å². The summed E-state index contributed by atoms with van der Waals surface area (Å²) in [6, 6.07) is 5.69. The van der Waals surface area contributed by atoms with Gasteiger partial charge in [0.05, 0.1) is 34.9 Å². The van der Waals surface area contributed by atoms with E-state index in [1.165, 1.54) is 17.0 Å². The first-order valence-corrected chi connectivity index (χ1v) is 13.4. The van der Waals surface area contributed by atoms with Gasteiger partial charge in [-0.1, -0.05) is 18.9 Å². The van der Waals surface area contributed by atoms with Crippen LogP contribution in [0.1, 0.15) is 47.2 Å². The van der Waals surface area contributed by atoms with Crippen molar-refractivity contribution in [3.05, 3.63) is 53.5 Å². The second-order valence-electron chi connectivity index (χ2n) is 10.6. The number of carbonyl (C=O) groups excluding carboxylic acids is 2. The molecule has 3 aliphatic rings. The number of aromatic amines is 1. The molecule has 206 valence electrons. The topological polar surface area (TPSA) is 106 Å². The number of aromatic nitrogens is 3. The third kappa shape index (κ3) is 5.05. The van der Waals surface area contributed by atoms with Gasteiger partial charge in [0.1, 0.15) is 0 Å². The highest BCUT2D eigenvalue weighted by molar-refractivity contribution is 5.96. The summed E-state index contributed by atoms with van der Waals surface area (Å²) in [6.07, 6.45) is 2.81. The third-order valence-corrected chi connectivity index (χ3v) is 8.32. The number of fused-ring (bicyclic) bond motifs is 2. The summed E-state index contributed by atoms with van der Waals surface area (Å²) >= 11 is 0. The molecule has 2 amide bonds. The number of pyridine rings is 1. The number of nitrogens with zero attached hydrogens (tertiary/aromatic N) is 4. The molecule has 3 aromatic rings. The number of hydrogen-bond acceptors (Lipinski definition) is 6. The number of H-pyrrole nitrogens is 1. The molecule has 0 bridgehead atoms. The molecule has 1 aliphatic carbocycles. The maximum atomic E-state index is 14.0. The lowest BCUT2D eigenvalue weighted by Gasteiger charge is -2.41. The Morgan fingerprint density at radius 1 is 1.05 bits per heavy atom. The largest absolute Gasteiger partial charge is 0.417 e. The summed E-state index contributed by atoms with van der Waals surface area (Å²) in [6.45, 7) is 1.54. The van der Waals surface area contributed by atoms with Crippen molar-refractivity contribution in [2.45, 2.75) is 44.3 Å². The van der Waals surface area contributed by atoms with Crippen LogP contribution in [-0.4, -0.2) is 63.9 Å². The summed E-state index contributed by atoms with van der Waals surface area (Å²) in [5.74, 6) is -0.594. The van der Waals surface area contributed by atoms with E-state index in [4.69, 9.17) is 0 Å². The molecule has 6 rings (SSSR count). The Bertz CT molecular complexity index is 1380. The van der Waals surface area contributed by atoms with Crippen LogP contribution in [0.3, 0.4) is 0 Å². The van der Waals surface area contributed by atoms with Crippen molar-refractivity contribution in [2.24, 2.45) is 11.8 Å². The maximum absolute atomic E-state index is 14.0. The molecular weight excluding hydrogens is 511 g/mol. The molecule has 3 fully saturated rings. The Morgan fingerprint density at radius 2 is 1.85 bits per heavy atom. The predicted octanol–water partition coefficient (Wildman–Crippen LogP) is 3.29. The van der Waals surface area contributed by atoms with Crippen molar-refractivity contribution in [1.29, 1.82) is 0 Å². The van der Waals surface area contributed by atoms with Gasteiger partial charge in [-0.05, 0) is 48.9 Å². The van der Waals surface area contributed by atoms with Crippen LogP contribution in [0.5, 0.6) is 0 Å². The zero-order valence-corrected chi connectivity index (χ0v) is 21.3. The van der Waals surface area contributed by atoms with Crippen LogP contribution < -0.4 is 15.8 Å². The smallest absolute Gasteiger partial charge is 0.367 e. The van der Waals surface area contributed by atoms with Crippen LogP contribution >= 0.6 is 0 Å². The normalized spacial score (nSPS) is 24.0. The van der Waals surface area contributed by atoms with E-state index in [-0.39, 0.29) is 29.3 Å². The Hall–Kier alpha value is -3.67. The fourth-order valence-electron chi connectivity index (χ4n) is 6.26. The minimum Gasteiger partial charge on any atom is -0.367 e.